The molecule has 142 valence electrons. The van der Waals surface area contributed by atoms with Gasteiger partial charge in [-0.3, -0.25) is 0 Å². The molecule has 0 atom stereocenters. The van der Waals surface area contributed by atoms with Gasteiger partial charge in [0.1, 0.15) is 12.4 Å². The number of anilines is 1. The first kappa shape index (κ1) is 20.7. The van der Waals surface area contributed by atoms with E-state index in [-0.39, 0.29) is 30.6 Å². The molecule has 6 nitrogen and oxygen atoms in total. The summed E-state index contributed by atoms with van der Waals surface area (Å²) in [6.45, 7) is 1.88. The highest BCUT2D eigenvalue weighted by Crippen LogP contribution is 2.32. The molecule has 0 unspecified atom stereocenters. The maximum atomic E-state index is 6.00. The molecule has 0 aliphatic carbocycles. The molecule has 27 heavy (non-hydrogen) atoms. The fraction of sp³-hybridized carbons (Fsp3) is 0.250. The third-order valence-electron chi connectivity index (χ3n) is 3.72. The number of halogens is 1. The largest absolute Gasteiger partial charge is 0.490 e. The number of para-hydroxylation sites is 1. The van der Waals surface area contributed by atoms with Crippen LogP contribution in [0.5, 0.6) is 17.2 Å². The zero-order valence-electron chi connectivity index (χ0n) is 14.8. The van der Waals surface area contributed by atoms with Crippen molar-refractivity contribution in [3.8, 4) is 29.6 Å². The van der Waals surface area contributed by atoms with Gasteiger partial charge in [-0.1, -0.05) is 24.1 Å². The Morgan fingerprint density at radius 3 is 2.78 bits per heavy atom. The molecular formula is C20H22IN3O3. The van der Waals surface area contributed by atoms with Gasteiger partial charge in [0.05, 0.1) is 19.8 Å². The summed E-state index contributed by atoms with van der Waals surface area (Å²) in [4.78, 5) is 4.37. The Hall–Kier alpha value is -2.60. The van der Waals surface area contributed by atoms with Gasteiger partial charge in [0.15, 0.2) is 17.5 Å². The number of terminal acetylenes is 1. The summed E-state index contributed by atoms with van der Waals surface area (Å²) in [6.07, 6.45) is 6.10. The number of benzene rings is 2. The van der Waals surface area contributed by atoms with Crippen molar-refractivity contribution in [2.24, 2.45) is 10.7 Å². The van der Waals surface area contributed by atoms with E-state index in [0.29, 0.717) is 37.2 Å². The highest BCUT2D eigenvalue weighted by molar-refractivity contribution is 14.0. The molecule has 3 N–H and O–H groups in total. The van der Waals surface area contributed by atoms with Crippen molar-refractivity contribution in [2.45, 2.75) is 13.0 Å². The minimum Gasteiger partial charge on any atom is -0.490 e. The minimum atomic E-state index is 0. The van der Waals surface area contributed by atoms with Crippen molar-refractivity contribution in [3.63, 3.8) is 0 Å². The smallest absolute Gasteiger partial charge is 0.193 e. The summed E-state index contributed by atoms with van der Waals surface area (Å²) in [5, 5.41) is 3.06. The van der Waals surface area contributed by atoms with Crippen LogP contribution in [-0.2, 0) is 6.54 Å². The number of nitrogens with two attached hydrogens (primary N) is 1. The molecule has 0 amide bonds. The average molecular weight is 479 g/mol. The van der Waals surface area contributed by atoms with Crippen molar-refractivity contribution < 1.29 is 14.2 Å². The van der Waals surface area contributed by atoms with E-state index in [1.165, 1.54) is 0 Å². The lowest BCUT2D eigenvalue weighted by Crippen LogP contribution is -2.22. The fourth-order valence-corrected chi connectivity index (χ4v) is 2.49. The maximum Gasteiger partial charge on any atom is 0.193 e. The quantitative estimate of drug-likeness (QED) is 0.298. The Morgan fingerprint density at radius 1 is 1.19 bits per heavy atom. The van der Waals surface area contributed by atoms with E-state index in [1.807, 2.05) is 42.5 Å². The fourth-order valence-electron chi connectivity index (χ4n) is 2.49. The number of nitrogens with one attached hydrogen (secondary N) is 1. The van der Waals surface area contributed by atoms with Gasteiger partial charge in [0.25, 0.3) is 0 Å². The van der Waals surface area contributed by atoms with Gasteiger partial charge in [-0.15, -0.1) is 30.4 Å². The van der Waals surface area contributed by atoms with E-state index < -0.39 is 0 Å². The monoisotopic (exact) mass is 479 g/mol. The molecule has 0 fully saturated rings. The standard InChI is InChI=1S/C20H21N3O3.HI/c1-2-10-24-17-7-4-3-6-15(17)14-22-20(21)23-16-8-9-18-19(13-16)26-12-5-11-25-18;/h1,3-4,6-9,13H,5,10-12,14H2,(H3,21,22,23);1H. The number of hydrogen-bond acceptors (Lipinski definition) is 4. The van der Waals surface area contributed by atoms with Crippen molar-refractivity contribution >= 4 is 35.6 Å². The third-order valence-corrected chi connectivity index (χ3v) is 3.72. The van der Waals surface area contributed by atoms with Crippen molar-refractivity contribution in [3.05, 3.63) is 48.0 Å². The Bertz CT molecular complexity index is 833. The second-order valence-electron chi connectivity index (χ2n) is 5.64. The van der Waals surface area contributed by atoms with Crippen LogP contribution in [0.2, 0.25) is 0 Å². The summed E-state index contributed by atoms with van der Waals surface area (Å²) in [6, 6.07) is 13.2. The SMILES string of the molecule is C#CCOc1ccccc1CN=C(N)Nc1ccc2c(c1)OCCCO2.I. The van der Waals surface area contributed by atoms with Crippen LogP contribution in [0.25, 0.3) is 0 Å². The van der Waals surface area contributed by atoms with Crippen LogP contribution in [0.3, 0.4) is 0 Å². The molecule has 2 aromatic carbocycles. The van der Waals surface area contributed by atoms with Gasteiger partial charge in [-0.05, 0) is 18.2 Å². The molecule has 1 heterocycles. The van der Waals surface area contributed by atoms with Crippen LogP contribution in [0.1, 0.15) is 12.0 Å². The Morgan fingerprint density at radius 2 is 1.96 bits per heavy atom. The van der Waals surface area contributed by atoms with Crippen molar-refractivity contribution in [2.75, 3.05) is 25.1 Å². The predicted octanol–water partition coefficient (Wildman–Crippen LogP) is 3.40. The van der Waals surface area contributed by atoms with E-state index in [4.69, 9.17) is 26.4 Å². The lowest BCUT2D eigenvalue weighted by Gasteiger charge is -2.11. The Kier molecular flexibility index (Phi) is 8.07. The molecule has 0 aromatic heterocycles. The van der Waals surface area contributed by atoms with Crippen LogP contribution >= 0.6 is 24.0 Å². The molecular weight excluding hydrogens is 457 g/mol. The highest BCUT2D eigenvalue weighted by atomic mass is 127. The number of nitrogens with zero attached hydrogens (tertiary/aromatic N) is 1. The molecule has 0 saturated heterocycles. The Balaban J connectivity index is 0.00000261. The number of ether oxygens (including phenoxy) is 3. The first-order chi connectivity index (χ1) is 12.8. The molecule has 2 aromatic rings. The summed E-state index contributed by atoms with van der Waals surface area (Å²) in [5.41, 5.74) is 7.70. The van der Waals surface area contributed by atoms with Gasteiger partial charge in [0, 0.05) is 23.7 Å². The first-order valence-corrected chi connectivity index (χ1v) is 8.37. The van der Waals surface area contributed by atoms with Crippen LogP contribution in [0.15, 0.2) is 47.5 Å². The van der Waals surface area contributed by atoms with E-state index in [2.05, 4.69) is 16.2 Å². The number of guanidine groups is 1. The number of fused-ring (bicyclic) bond motifs is 1. The second-order valence-corrected chi connectivity index (χ2v) is 5.64. The van der Waals surface area contributed by atoms with E-state index in [9.17, 15) is 0 Å². The van der Waals surface area contributed by atoms with Crippen LogP contribution in [0.4, 0.5) is 5.69 Å². The molecule has 0 bridgehead atoms. The van der Waals surface area contributed by atoms with Gasteiger partial charge < -0.3 is 25.3 Å². The summed E-state index contributed by atoms with van der Waals surface area (Å²) in [7, 11) is 0. The number of aliphatic imine (C=N–C) groups is 1. The molecule has 3 rings (SSSR count). The zero-order valence-corrected chi connectivity index (χ0v) is 17.1. The lowest BCUT2D eigenvalue weighted by atomic mass is 10.2. The lowest BCUT2D eigenvalue weighted by molar-refractivity contribution is 0.297. The average Bonchev–Trinajstić information content (AvgIpc) is 2.90. The van der Waals surface area contributed by atoms with Gasteiger partial charge >= 0.3 is 0 Å². The van der Waals surface area contributed by atoms with Crippen LogP contribution in [0, 0.1) is 12.3 Å². The molecule has 1 aliphatic rings. The normalized spacial score (nSPS) is 12.9. The molecule has 7 heteroatoms. The summed E-state index contributed by atoms with van der Waals surface area (Å²) < 4.78 is 16.8. The minimum absolute atomic E-state index is 0. The topological polar surface area (TPSA) is 78.1 Å². The van der Waals surface area contributed by atoms with Gasteiger partial charge in [-0.2, -0.15) is 0 Å². The molecule has 1 aliphatic heterocycles. The van der Waals surface area contributed by atoms with E-state index >= 15 is 0 Å². The Labute approximate surface area is 176 Å². The summed E-state index contributed by atoms with van der Waals surface area (Å²) >= 11 is 0. The molecule has 0 saturated carbocycles. The molecule has 0 radical (unpaired) electrons. The maximum absolute atomic E-state index is 6.00. The van der Waals surface area contributed by atoms with Crippen LogP contribution in [-0.4, -0.2) is 25.8 Å². The molecule has 0 spiro atoms. The number of hydrogen-bond donors (Lipinski definition) is 2. The van der Waals surface area contributed by atoms with Crippen LogP contribution < -0.4 is 25.3 Å². The van der Waals surface area contributed by atoms with Gasteiger partial charge in [-0.25, -0.2) is 4.99 Å². The third kappa shape index (κ3) is 5.96. The first-order valence-electron chi connectivity index (χ1n) is 8.37. The zero-order chi connectivity index (χ0) is 18.2. The number of rotatable bonds is 5. The highest BCUT2D eigenvalue weighted by Gasteiger charge is 2.11. The second kappa shape index (κ2) is 10.5. The van der Waals surface area contributed by atoms with E-state index in [1.54, 1.807) is 0 Å². The van der Waals surface area contributed by atoms with E-state index in [0.717, 1.165) is 23.4 Å². The van der Waals surface area contributed by atoms with Gasteiger partial charge in [0.2, 0.25) is 0 Å². The van der Waals surface area contributed by atoms with Crippen molar-refractivity contribution in [1.82, 2.24) is 0 Å². The summed E-state index contributed by atoms with van der Waals surface area (Å²) in [5.74, 6) is 4.90. The predicted molar refractivity (Wildman–Crippen MR) is 117 cm³/mol. The van der Waals surface area contributed by atoms with Crippen molar-refractivity contribution in [1.29, 1.82) is 0 Å².